The summed E-state index contributed by atoms with van der Waals surface area (Å²) in [4.78, 5) is 0. The molecule has 1 aliphatic carbocycles. The van der Waals surface area contributed by atoms with Crippen molar-refractivity contribution in [3.63, 3.8) is 0 Å². The van der Waals surface area contributed by atoms with Gasteiger partial charge in [-0.3, -0.25) is 0 Å². The summed E-state index contributed by atoms with van der Waals surface area (Å²) >= 11 is 0. The Kier molecular flexibility index (Phi) is 3.33. The van der Waals surface area contributed by atoms with E-state index < -0.39 is 0 Å². The lowest BCUT2D eigenvalue weighted by molar-refractivity contribution is 0.761. The highest BCUT2D eigenvalue weighted by Gasteiger charge is 2.15. The van der Waals surface area contributed by atoms with Gasteiger partial charge in [-0.15, -0.1) is 0 Å². The Balaban J connectivity index is 2.00. The first kappa shape index (κ1) is 12.0. The highest BCUT2D eigenvalue weighted by molar-refractivity contribution is 5.86. The molecule has 0 amide bonds. The van der Waals surface area contributed by atoms with Crippen LogP contribution in [0.1, 0.15) is 24.5 Å². The van der Waals surface area contributed by atoms with Crippen molar-refractivity contribution in [1.29, 1.82) is 0 Å². The Morgan fingerprint density at radius 1 is 0.789 bits per heavy atom. The van der Waals surface area contributed by atoms with Crippen LogP contribution in [-0.4, -0.2) is 0 Å². The summed E-state index contributed by atoms with van der Waals surface area (Å²) < 4.78 is 0. The van der Waals surface area contributed by atoms with Crippen molar-refractivity contribution in [2.24, 2.45) is 5.92 Å². The molecule has 0 saturated heterocycles. The molecule has 0 heterocycles. The van der Waals surface area contributed by atoms with E-state index in [0.717, 1.165) is 6.42 Å². The van der Waals surface area contributed by atoms with E-state index in [4.69, 9.17) is 0 Å². The third-order valence-corrected chi connectivity index (χ3v) is 3.75. The molecule has 1 aliphatic rings. The van der Waals surface area contributed by atoms with Crippen LogP contribution >= 0.6 is 0 Å². The lowest BCUT2D eigenvalue weighted by Gasteiger charge is -2.21. The fraction of sp³-hybridized carbons (Fsp3) is 0.158. The topological polar surface area (TPSA) is 0 Å². The minimum Gasteiger partial charge on any atom is -0.0761 e. The van der Waals surface area contributed by atoms with Gasteiger partial charge in [-0.1, -0.05) is 79.7 Å². The number of allylic oxidation sites excluding steroid dienone is 4. The molecule has 0 aromatic heterocycles. The summed E-state index contributed by atoms with van der Waals surface area (Å²) in [7, 11) is 0. The summed E-state index contributed by atoms with van der Waals surface area (Å²) in [6.45, 7) is 2.30. The minimum absolute atomic E-state index is 0.592. The second-order valence-electron chi connectivity index (χ2n) is 5.13. The molecule has 0 spiro atoms. The Labute approximate surface area is 115 Å². The zero-order valence-electron chi connectivity index (χ0n) is 11.2. The zero-order chi connectivity index (χ0) is 13.1. The van der Waals surface area contributed by atoms with E-state index in [9.17, 15) is 0 Å². The lowest BCUT2D eigenvalue weighted by atomic mass is 9.84. The van der Waals surface area contributed by atoms with E-state index in [-0.39, 0.29) is 0 Å². The van der Waals surface area contributed by atoms with Crippen LogP contribution in [0.15, 0.2) is 72.8 Å². The van der Waals surface area contributed by atoms with Gasteiger partial charge in [0.05, 0.1) is 0 Å². The molecule has 0 bridgehead atoms. The molecule has 0 nitrogen and oxygen atoms in total. The Morgan fingerprint density at radius 2 is 1.37 bits per heavy atom. The average molecular weight is 246 g/mol. The van der Waals surface area contributed by atoms with Crippen LogP contribution in [0.25, 0.3) is 11.1 Å². The molecule has 0 N–H and O–H groups in total. The molecule has 2 aromatic carbocycles. The fourth-order valence-electron chi connectivity index (χ4n) is 2.63. The van der Waals surface area contributed by atoms with Crippen LogP contribution in [0, 0.1) is 5.92 Å². The second-order valence-corrected chi connectivity index (χ2v) is 5.13. The summed E-state index contributed by atoms with van der Waals surface area (Å²) in [6.07, 6.45) is 5.82. The van der Waals surface area contributed by atoms with Gasteiger partial charge in [-0.25, -0.2) is 0 Å². The van der Waals surface area contributed by atoms with E-state index in [1.165, 1.54) is 22.3 Å². The van der Waals surface area contributed by atoms with Crippen molar-refractivity contribution >= 4 is 11.1 Å². The van der Waals surface area contributed by atoms with E-state index in [1.807, 2.05) is 0 Å². The molecule has 19 heavy (non-hydrogen) atoms. The maximum Gasteiger partial charge on any atom is -0.0149 e. The van der Waals surface area contributed by atoms with Gasteiger partial charge < -0.3 is 0 Å². The molecule has 1 unspecified atom stereocenters. The van der Waals surface area contributed by atoms with Crippen LogP contribution in [0.3, 0.4) is 0 Å². The van der Waals surface area contributed by atoms with Gasteiger partial charge >= 0.3 is 0 Å². The molecule has 0 fully saturated rings. The third kappa shape index (κ3) is 2.53. The van der Waals surface area contributed by atoms with Crippen molar-refractivity contribution in [1.82, 2.24) is 0 Å². The predicted molar refractivity (Wildman–Crippen MR) is 82.6 cm³/mol. The molecular weight excluding hydrogens is 228 g/mol. The molecule has 2 aromatic rings. The van der Waals surface area contributed by atoms with Gasteiger partial charge in [0.25, 0.3) is 0 Å². The van der Waals surface area contributed by atoms with Crippen LogP contribution in [0.5, 0.6) is 0 Å². The molecule has 0 saturated carbocycles. The molecule has 3 rings (SSSR count). The quantitative estimate of drug-likeness (QED) is 0.683. The van der Waals surface area contributed by atoms with Gasteiger partial charge in [0.1, 0.15) is 0 Å². The van der Waals surface area contributed by atoms with Crippen molar-refractivity contribution in [3.8, 4) is 0 Å². The van der Waals surface area contributed by atoms with E-state index in [1.54, 1.807) is 0 Å². The van der Waals surface area contributed by atoms with Gasteiger partial charge in [0, 0.05) is 0 Å². The largest absolute Gasteiger partial charge is 0.0761 e. The highest BCUT2D eigenvalue weighted by Crippen LogP contribution is 2.34. The Hall–Kier alpha value is -2.08. The third-order valence-electron chi connectivity index (χ3n) is 3.75. The number of benzene rings is 2. The lowest BCUT2D eigenvalue weighted by Crippen LogP contribution is -2.03. The van der Waals surface area contributed by atoms with Crippen LogP contribution < -0.4 is 0 Å². The first-order chi connectivity index (χ1) is 9.34. The highest BCUT2D eigenvalue weighted by atomic mass is 14.2. The van der Waals surface area contributed by atoms with E-state index in [0.29, 0.717) is 5.92 Å². The smallest absolute Gasteiger partial charge is 0.0149 e. The maximum atomic E-state index is 2.35. The number of rotatable bonds is 2. The molecular formula is C19H18. The normalized spacial score (nSPS) is 18.7. The van der Waals surface area contributed by atoms with Gasteiger partial charge in [-0.05, 0) is 34.6 Å². The maximum absolute atomic E-state index is 2.35. The summed E-state index contributed by atoms with van der Waals surface area (Å²) in [5.74, 6) is 0.592. The van der Waals surface area contributed by atoms with Crippen molar-refractivity contribution in [2.75, 3.05) is 0 Å². The average Bonchev–Trinajstić information content (AvgIpc) is 2.49. The Bertz CT molecular complexity index is 603. The predicted octanol–water partition coefficient (Wildman–Crippen LogP) is 5.19. The monoisotopic (exact) mass is 246 g/mol. The van der Waals surface area contributed by atoms with Gasteiger partial charge in [0.2, 0.25) is 0 Å². The minimum atomic E-state index is 0.592. The first-order valence-electron chi connectivity index (χ1n) is 6.87. The zero-order valence-corrected chi connectivity index (χ0v) is 11.2. The summed E-state index contributed by atoms with van der Waals surface area (Å²) in [5.41, 5.74) is 5.44. The van der Waals surface area contributed by atoms with Crippen molar-refractivity contribution < 1.29 is 0 Å². The summed E-state index contributed by atoms with van der Waals surface area (Å²) in [6, 6.07) is 21.3. The fourth-order valence-corrected chi connectivity index (χ4v) is 2.63. The molecule has 0 aliphatic heterocycles. The SMILES string of the molecule is CC1CC=C(c2ccccc2)C=C1c1ccccc1. The second kappa shape index (κ2) is 5.27. The van der Waals surface area contributed by atoms with Crippen LogP contribution in [0.4, 0.5) is 0 Å². The standard InChI is InChI=1S/C19H18/c1-15-12-13-18(16-8-4-2-5-9-16)14-19(15)17-10-6-3-7-11-17/h2-11,13-15H,12H2,1H3. The molecule has 0 heteroatoms. The molecule has 0 radical (unpaired) electrons. The molecule has 94 valence electrons. The van der Waals surface area contributed by atoms with Gasteiger partial charge in [-0.2, -0.15) is 0 Å². The Morgan fingerprint density at radius 3 is 2.00 bits per heavy atom. The van der Waals surface area contributed by atoms with E-state index >= 15 is 0 Å². The van der Waals surface area contributed by atoms with Crippen molar-refractivity contribution in [2.45, 2.75) is 13.3 Å². The number of hydrogen-bond acceptors (Lipinski definition) is 0. The van der Waals surface area contributed by atoms with Gasteiger partial charge in [0.15, 0.2) is 0 Å². The van der Waals surface area contributed by atoms with E-state index in [2.05, 4.69) is 79.7 Å². The first-order valence-corrected chi connectivity index (χ1v) is 6.87. The van der Waals surface area contributed by atoms with Crippen LogP contribution in [-0.2, 0) is 0 Å². The van der Waals surface area contributed by atoms with Crippen molar-refractivity contribution in [3.05, 3.63) is 83.9 Å². The summed E-state index contributed by atoms with van der Waals surface area (Å²) in [5, 5.41) is 0. The van der Waals surface area contributed by atoms with Crippen LogP contribution in [0.2, 0.25) is 0 Å². The number of hydrogen-bond donors (Lipinski definition) is 0. The molecule has 1 atom stereocenters.